The molecule has 2 aromatic carbocycles. The number of hydrogen-bond donors (Lipinski definition) is 1. The van der Waals surface area contributed by atoms with E-state index in [-0.39, 0.29) is 5.91 Å². The Morgan fingerprint density at radius 3 is 2.73 bits per heavy atom. The number of aromatic nitrogens is 5. The van der Waals surface area contributed by atoms with Crippen LogP contribution in [0.5, 0.6) is 0 Å². The van der Waals surface area contributed by atoms with E-state index < -0.39 is 0 Å². The van der Waals surface area contributed by atoms with Crippen LogP contribution in [-0.4, -0.2) is 31.1 Å². The van der Waals surface area contributed by atoms with Gasteiger partial charge in [0, 0.05) is 17.2 Å². The molecule has 8 nitrogen and oxygen atoms in total. The zero-order valence-electron chi connectivity index (χ0n) is 13.7. The number of tetrazole rings is 1. The van der Waals surface area contributed by atoms with Gasteiger partial charge >= 0.3 is 0 Å². The fraction of sp³-hybridized carbons (Fsp3) is 0.167. The number of carbonyl (C=O) groups is 1. The SMILES string of the molecule is O=C(Nc1ccc2oc(C3CC3)nc2c1)c1ccc(-n2cnnn2)cc1. The van der Waals surface area contributed by atoms with Crippen molar-refractivity contribution in [3.8, 4) is 5.69 Å². The second kappa shape index (κ2) is 5.76. The summed E-state index contributed by atoms with van der Waals surface area (Å²) in [6, 6.07) is 12.5. The molecule has 4 aromatic rings. The fourth-order valence-corrected chi connectivity index (χ4v) is 2.78. The van der Waals surface area contributed by atoms with Crippen LogP contribution < -0.4 is 5.32 Å². The molecule has 2 aromatic heterocycles. The van der Waals surface area contributed by atoms with Gasteiger partial charge in [-0.15, -0.1) is 5.10 Å². The summed E-state index contributed by atoms with van der Waals surface area (Å²) in [5.74, 6) is 1.05. The normalized spacial score (nSPS) is 13.8. The van der Waals surface area contributed by atoms with Crippen LogP contribution in [0.15, 0.2) is 53.2 Å². The molecule has 0 unspecified atom stereocenters. The Balaban J connectivity index is 1.35. The highest BCUT2D eigenvalue weighted by atomic mass is 16.3. The van der Waals surface area contributed by atoms with Crippen molar-refractivity contribution < 1.29 is 9.21 Å². The lowest BCUT2D eigenvalue weighted by molar-refractivity contribution is 0.102. The minimum absolute atomic E-state index is 0.196. The molecule has 0 bridgehead atoms. The van der Waals surface area contributed by atoms with Gasteiger partial charge < -0.3 is 9.73 Å². The zero-order chi connectivity index (χ0) is 17.5. The second-order valence-electron chi connectivity index (χ2n) is 6.26. The molecular weight excluding hydrogens is 332 g/mol. The largest absolute Gasteiger partial charge is 0.440 e. The van der Waals surface area contributed by atoms with E-state index in [1.165, 1.54) is 11.0 Å². The van der Waals surface area contributed by atoms with Gasteiger partial charge in [-0.25, -0.2) is 9.67 Å². The number of rotatable bonds is 4. The van der Waals surface area contributed by atoms with E-state index in [4.69, 9.17) is 4.42 Å². The summed E-state index contributed by atoms with van der Waals surface area (Å²) < 4.78 is 7.27. The standard InChI is InChI=1S/C18H14N6O2/c25-17(11-3-6-14(7-4-11)24-10-19-22-23-24)20-13-5-8-16-15(9-13)21-18(26-16)12-1-2-12/h3-10,12H,1-2H2,(H,20,25). The average Bonchev–Trinajstić information content (AvgIpc) is 3.20. The van der Waals surface area contributed by atoms with Crippen molar-refractivity contribution in [3.63, 3.8) is 0 Å². The number of anilines is 1. The molecule has 0 spiro atoms. The van der Waals surface area contributed by atoms with E-state index in [9.17, 15) is 4.79 Å². The Labute approximate surface area is 147 Å². The molecule has 1 aliphatic carbocycles. The Morgan fingerprint density at radius 2 is 2.00 bits per heavy atom. The van der Waals surface area contributed by atoms with Gasteiger partial charge in [-0.1, -0.05) is 0 Å². The molecule has 1 N–H and O–H groups in total. The maximum absolute atomic E-state index is 12.5. The number of oxazole rings is 1. The molecule has 0 atom stereocenters. The van der Waals surface area contributed by atoms with E-state index >= 15 is 0 Å². The van der Waals surface area contributed by atoms with E-state index in [0.29, 0.717) is 17.2 Å². The van der Waals surface area contributed by atoms with Crippen molar-refractivity contribution in [3.05, 3.63) is 60.2 Å². The van der Waals surface area contributed by atoms with Crippen LogP contribution >= 0.6 is 0 Å². The van der Waals surface area contributed by atoms with E-state index in [0.717, 1.165) is 35.5 Å². The maximum atomic E-state index is 12.5. The van der Waals surface area contributed by atoms with Crippen molar-refractivity contribution in [1.82, 2.24) is 25.2 Å². The van der Waals surface area contributed by atoms with Gasteiger partial charge in [-0.3, -0.25) is 4.79 Å². The lowest BCUT2D eigenvalue weighted by atomic mass is 10.2. The molecule has 1 fully saturated rings. The van der Waals surface area contributed by atoms with Crippen molar-refractivity contribution >= 4 is 22.7 Å². The summed E-state index contributed by atoms with van der Waals surface area (Å²) in [4.78, 5) is 17.0. The average molecular weight is 346 g/mol. The summed E-state index contributed by atoms with van der Waals surface area (Å²) in [6.07, 6.45) is 3.77. The Hall–Kier alpha value is -3.55. The summed E-state index contributed by atoms with van der Waals surface area (Å²) >= 11 is 0. The maximum Gasteiger partial charge on any atom is 0.255 e. The van der Waals surface area contributed by atoms with Gasteiger partial charge in [-0.05, 0) is 65.7 Å². The molecule has 1 saturated carbocycles. The number of fused-ring (bicyclic) bond motifs is 1. The first kappa shape index (κ1) is 14.8. The minimum atomic E-state index is -0.196. The first-order valence-electron chi connectivity index (χ1n) is 8.31. The summed E-state index contributed by atoms with van der Waals surface area (Å²) in [7, 11) is 0. The molecule has 0 aliphatic heterocycles. The van der Waals surface area contributed by atoms with Gasteiger partial charge in [0.25, 0.3) is 5.91 Å². The number of amides is 1. The number of hydrogen-bond acceptors (Lipinski definition) is 6. The zero-order valence-corrected chi connectivity index (χ0v) is 13.7. The summed E-state index contributed by atoms with van der Waals surface area (Å²) in [6.45, 7) is 0. The lowest BCUT2D eigenvalue weighted by Crippen LogP contribution is -2.11. The number of carbonyl (C=O) groups excluding carboxylic acids is 1. The molecule has 1 amide bonds. The highest BCUT2D eigenvalue weighted by Gasteiger charge is 2.28. The van der Waals surface area contributed by atoms with Crippen molar-refractivity contribution in [2.24, 2.45) is 0 Å². The predicted octanol–water partition coefficient (Wildman–Crippen LogP) is 2.93. The highest BCUT2D eigenvalue weighted by molar-refractivity contribution is 6.05. The predicted molar refractivity (Wildman–Crippen MR) is 93.1 cm³/mol. The van der Waals surface area contributed by atoms with E-state index in [1.54, 1.807) is 24.3 Å². The quantitative estimate of drug-likeness (QED) is 0.610. The van der Waals surface area contributed by atoms with Crippen molar-refractivity contribution in [2.75, 3.05) is 5.32 Å². The second-order valence-corrected chi connectivity index (χ2v) is 6.26. The van der Waals surface area contributed by atoms with Gasteiger partial charge in [-0.2, -0.15) is 0 Å². The Kier molecular flexibility index (Phi) is 3.27. The van der Waals surface area contributed by atoms with Crippen LogP contribution in [-0.2, 0) is 0 Å². The molecule has 0 saturated heterocycles. The van der Waals surface area contributed by atoms with Gasteiger partial charge in [0.05, 0.1) is 5.69 Å². The minimum Gasteiger partial charge on any atom is -0.440 e. The van der Waals surface area contributed by atoms with Crippen LogP contribution in [0.4, 0.5) is 5.69 Å². The molecule has 5 rings (SSSR count). The van der Waals surface area contributed by atoms with Gasteiger partial charge in [0.2, 0.25) is 0 Å². The molecule has 26 heavy (non-hydrogen) atoms. The number of benzene rings is 2. The third-order valence-corrected chi connectivity index (χ3v) is 4.33. The molecule has 0 radical (unpaired) electrons. The third kappa shape index (κ3) is 2.71. The van der Waals surface area contributed by atoms with Gasteiger partial charge in [0.15, 0.2) is 11.5 Å². The number of nitrogens with zero attached hydrogens (tertiary/aromatic N) is 5. The van der Waals surface area contributed by atoms with Crippen LogP contribution in [0, 0.1) is 0 Å². The topological polar surface area (TPSA) is 98.7 Å². The van der Waals surface area contributed by atoms with E-state index in [1.807, 2.05) is 18.2 Å². The lowest BCUT2D eigenvalue weighted by Gasteiger charge is -2.06. The Bertz CT molecular complexity index is 1080. The smallest absolute Gasteiger partial charge is 0.255 e. The molecule has 2 heterocycles. The van der Waals surface area contributed by atoms with Crippen LogP contribution in [0.25, 0.3) is 16.8 Å². The molecular formula is C18H14N6O2. The molecule has 8 heteroatoms. The molecule has 128 valence electrons. The molecule has 1 aliphatic rings. The van der Waals surface area contributed by atoms with E-state index in [2.05, 4.69) is 25.8 Å². The number of nitrogens with one attached hydrogen (secondary N) is 1. The van der Waals surface area contributed by atoms with Crippen LogP contribution in [0.3, 0.4) is 0 Å². The monoisotopic (exact) mass is 346 g/mol. The van der Waals surface area contributed by atoms with Crippen LogP contribution in [0.2, 0.25) is 0 Å². The third-order valence-electron chi connectivity index (χ3n) is 4.33. The first-order chi connectivity index (χ1) is 12.8. The first-order valence-corrected chi connectivity index (χ1v) is 8.31. The van der Waals surface area contributed by atoms with Crippen LogP contribution in [0.1, 0.15) is 35.0 Å². The summed E-state index contributed by atoms with van der Waals surface area (Å²) in [5.41, 5.74) is 3.51. The Morgan fingerprint density at radius 1 is 1.15 bits per heavy atom. The van der Waals surface area contributed by atoms with Crippen molar-refractivity contribution in [1.29, 1.82) is 0 Å². The van der Waals surface area contributed by atoms with Crippen molar-refractivity contribution in [2.45, 2.75) is 18.8 Å². The highest BCUT2D eigenvalue weighted by Crippen LogP contribution is 2.40. The van der Waals surface area contributed by atoms with Gasteiger partial charge in [0.1, 0.15) is 11.8 Å². The summed E-state index contributed by atoms with van der Waals surface area (Å²) in [5, 5.41) is 13.9. The fourth-order valence-electron chi connectivity index (χ4n) is 2.78.